The highest BCUT2D eigenvalue weighted by Gasteiger charge is 2.24. The van der Waals surface area contributed by atoms with Gasteiger partial charge in [-0.25, -0.2) is 8.78 Å². The van der Waals surface area contributed by atoms with Gasteiger partial charge >= 0.3 is 0 Å². The van der Waals surface area contributed by atoms with Crippen LogP contribution in [0.4, 0.5) is 8.78 Å². The molecule has 0 saturated carbocycles. The molecule has 0 saturated heterocycles. The molecular weight excluding hydrogens is 352 g/mol. The molecule has 0 radical (unpaired) electrons. The topological polar surface area (TPSA) is 74.0 Å². The van der Waals surface area contributed by atoms with Crippen molar-refractivity contribution in [3.05, 3.63) is 68.6 Å². The van der Waals surface area contributed by atoms with Crippen LogP contribution < -0.4 is 16.2 Å². The maximum Gasteiger partial charge on any atom is 0.261 e. The van der Waals surface area contributed by atoms with Crippen molar-refractivity contribution in [2.75, 3.05) is 0 Å². The molecule has 1 aromatic heterocycles. The van der Waals surface area contributed by atoms with E-state index in [0.717, 1.165) is 36.6 Å². The summed E-state index contributed by atoms with van der Waals surface area (Å²) in [6, 6.07) is 5.30. The molecule has 0 spiro atoms. The summed E-state index contributed by atoms with van der Waals surface area (Å²) in [5.74, 6) is -2.16. The molecule has 0 bridgehead atoms. The summed E-state index contributed by atoms with van der Waals surface area (Å²) in [6.07, 6.45) is 2.45. The maximum absolute atomic E-state index is 13.4. The summed E-state index contributed by atoms with van der Waals surface area (Å²) in [5.41, 5.74) is 2.01. The quantitative estimate of drug-likeness (QED) is 0.752. The Morgan fingerprint density at radius 3 is 2.74 bits per heavy atom. The van der Waals surface area contributed by atoms with E-state index >= 15 is 0 Å². The normalized spacial score (nSPS) is 16.3. The summed E-state index contributed by atoms with van der Waals surface area (Å²) < 4.78 is 26.5. The van der Waals surface area contributed by atoms with Gasteiger partial charge in [0.1, 0.15) is 5.56 Å². The van der Waals surface area contributed by atoms with Crippen LogP contribution in [0.3, 0.4) is 0 Å². The van der Waals surface area contributed by atoms with Crippen molar-refractivity contribution in [1.29, 1.82) is 0 Å². The van der Waals surface area contributed by atoms with Crippen LogP contribution in [0.25, 0.3) is 0 Å². The molecule has 5 nitrogen and oxygen atoms in total. The van der Waals surface area contributed by atoms with E-state index < -0.39 is 23.1 Å². The van der Waals surface area contributed by atoms with Gasteiger partial charge in [0.05, 0.1) is 0 Å². The number of carbonyl (C=O) groups is 1. The van der Waals surface area contributed by atoms with Crippen LogP contribution in [-0.2, 0) is 13.0 Å². The Hall–Kier alpha value is -2.54. The van der Waals surface area contributed by atoms with E-state index in [0.29, 0.717) is 12.1 Å². The van der Waals surface area contributed by atoms with Gasteiger partial charge in [-0.2, -0.15) is 0 Å². The number of aromatic nitrogens is 1. The van der Waals surface area contributed by atoms with Gasteiger partial charge in [-0.3, -0.25) is 9.59 Å². The average Bonchev–Trinajstić information content (AvgIpc) is 2.61. The number of amides is 1. The molecule has 144 valence electrons. The van der Waals surface area contributed by atoms with Gasteiger partial charge in [-0.05, 0) is 62.4 Å². The summed E-state index contributed by atoms with van der Waals surface area (Å²) in [6.45, 7) is 4.02. The molecule has 2 aromatic rings. The first-order valence-corrected chi connectivity index (χ1v) is 9.09. The van der Waals surface area contributed by atoms with Gasteiger partial charge in [-0.15, -0.1) is 0 Å². The van der Waals surface area contributed by atoms with E-state index in [1.165, 1.54) is 12.1 Å². The van der Waals surface area contributed by atoms with E-state index in [1.54, 1.807) is 6.07 Å². The molecule has 0 aliphatic heterocycles. The molecule has 1 heterocycles. The Labute approximate surface area is 156 Å². The van der Waals surface area contributed by atoms with Gasteiger partial charge in [-0.1, -0.05) is 6.07 Å². The predicted molar refractivity (Wildman–Crippen MR) is 98.5 cm³/mol. The van der Waals surface area contributed by atoms with Gasteiger partial charge in [0.2, 0.25) is 0 Å². The Morgan fingerprint density at radius 1 is 1.26 bits per heavy atom. The van der Waals surface area contributed by atoms with Crippen molar-refractivity contribution in [2.45, 2.75) is 51.7 Å². The van der Waals surface area contributed by atoms with Crippen LogP contribution in [0.2, 0.25) is 0 Å². The zero-order valence-electron chi connectivity index (χ0n) is 15.4. The highest BCUT2D eigenvalue weighted by molar-refractivity contribution is 5.94. The molecule has 1 aliphatic rings. The van der Waals surface area contributed by atoms with Crippen molar-refractivity contribution < 1.29 is 13.6 Å². The molecule has 3 rings (SSSR count). The SMILES string of the molecule is CC(C)NC(=O)c1cc2c([nH]c1=O)CCCC2NCc1ccc(F)c(F)c1. The fraction of sp³-hybridized carbons (Fsp3) is 0.400. The third kappa shape index (κ3) is 4.42. The predicted octanol–water partition coefficient (Wildman–Crippen LogP) is 2.96. The second kappa shape index (κ2) is 8.00. The minimum Gasteiger partial charge on any atom is -0.350 e. The smallest absolute Gasteiger partial charge is 0.261 e. The van der Waals surface area contributed by atoms with E-state index in [-0.39, 0.29) is 17.6 Å². The second-order valence-electron chi connectivity index (χ2n) is 7.15. The standard InChI is InChI=1S/C20H23F2N3O2/c1-11(2)24-19(26)14-9-13-17(4-3-5-18(13)25-20(14)27)23-10-12-6-7-15(21)16(22)8-12/h6-9,11,17,23H,3-5,10H2,1-2H3,(H,24,26)(H,25,27). The summed E-state index contributed by atoms with van der Waals surface area (Å²) in [7, 11) is 0. The number of rotatable bonds is 5. The largest absolute Gasteiger partial charge is 0.350 e. The summed E-state index contributed by atoms with van der Waals surface area (Å²) in [4.78, 5) is 27.4. The Kier molecular flexibility index (Phi) is 5.70. The molecule has 7 heteroatoms. The fourth-order valence-electron chi connectivity index (χ4n) is 3.35. The first-order chi connectivity index (χ1) is 12.8. The van der Waals surface area contributed by atoms with Gasteiger partial charge in [0, 0.05) is 24.3 Å². The number of carbonyl (C=O) groups excluding carboxylic acids is 1. The number of benzene rings is 1. The number of fused-ring (bicyclic) bond motifs is 1. The first kappa shape index (κ1) is 19.2. The van der Waals surface area contributed by atoms with Crippen molar-refractivity contribution in [3.63, 3.8) is 0 Å². The molecule has 3 N–H and O–H groups in total. The Morgan fingerprint density at radius 2 is 2.04 bits per heavy atom. The molecule has 1 aliphatic carbocycles. The Balaban J connectivity index is 1.82. The highest BCUT2D eigenvalue weighted by atomic mass is 19.2. The molecule has 0 fully saturated rings. The molecule has 1 unspecified atom stereocenters. The fourth-order valence-corrected chi connectivity index (χ4v) is 3.35. The number of hydrogen-bond acceptors (Lipinski definition) is 3. The number of pyridine rings is 1. The first-order valence-electron chi connectivity index (χ1n) is 9.09. The molecule has 1 atom stereocenters. The minimum absolute atomic E-state index is 0.0739. The monoisotopic (exact) mass is 375 g/mol. The number of H-pyrrole nitrogens is 1. The Bertz CT molecular complexity index is 909. The van der Waals surface area contributed by atoms with Crippen LogP contribution in [0.5, 0.6) is 0 Å². The van der Waals surface area contributed by atoms with Crippen molar-refractivity contribution in [1.82, 2.24) is 15.6 Å². The maximum atomic E-state index is 13.4. The van der Waals surface area contributed by atoms with E-state index in [4.69, 9.17) is 0 Å². The van der Waals surface area contributed by atoms with Crippen LogP contribution >= 0.6 is 0 Å². The van der Waals surface area contributed by atoms with Crippen LogP contribution in [-0.4, -0.2) is 16.9 Å². The number of aromatic amines is 1. The van der Waals surface area contributed by atoms with Crippen LogP contribution in [0.15, 0.2) is 29.1 Å². The number of aryl methyl sites for hydroxylation is 1. The summed E-state index contributed by atoms with van der Waals surface area (Å²) >= 11 is 0. The van der Waals surface area contributed by atoms with Crippen molar-refractivity contribution >= 4 is 5.91 Å². The van der Waals surface area contributed by atoms with Gasteiger partial charge in [0.25, 0.3) is 11.5 Å². The van der Waals surface area contributed by atoms with Crippen molar-refractivity contribution in [3.8, 4) is 0 Å². The van der Waals surface area contributed by atoms with Gasteiger partial charge in [0.15, 0.2) is 11.6 Å². The van der Waals surface area contributed by atoms with Crippen LogP contribution in [0, 0.1) is 11.6 Å². The lowest BCUT2D eigenvalue weighted by molar-refractivity contribution is 0.0941. The summed E-state index contributed by atoms with van der Waals surface area (Å²) in [5, 5.41) is 6.06. The zero-order valence-corrected chi connectivity index (χ0v) is 15.4. The lowest BCUT2D eigenvalue weighted by Crippen LogP contribution is -2.36. The lowest BCUT2D eigenvalue weighted by atomic mass is 9.90. The minimum atomic E-state index is -0.879. The lowest BCUT2D eigenvalue weighted by Gasteiger charge is -2.27. The van der Waals surface area contributed by atoms with Crippen molar-refractivity contribution in [2.24, 2.45) is 0 Å². The molecule has 1 aromatic carbocycles. The molecule has 27 heavy (non-hydrogen) atoms. The third-order valence-electron chi connectivity index (χ3n) is 4.65. The third-order valence-corrected chi connectivity index (χ3v) is 4.65. The number of hydrogen-bond donors (Lipinski definition) is 3. The van der Waals surface area contributed by atoms with Crippen LogP contribution in [0.1, 0.15) is 59.9 Å². The highest BCUT2D eigenvalue weighted by Crippen LogP contribution is 2.28. The average molecular weight is 375 g/mol. The number of halogens is 2. The van der Waals surface area contributed by atoms with Gasteiger partial charge < -0.3 is 15.6 Å². The molecular formula is C20H23F2N3O2. The zero-order chi connectivity index (χ0) is 19.6. The van der Waals surface area contributed by atoms with E-state index in [2.05, 4.69) is 15.6 Å². The van der Waals surface area contributed by atoms with E-state index in [1.807, 2.05) is 13.8 Å². The number of nitrogens with one attached hydrogen (secondary N) is 3. The van der Waals surface area contributed by atoms with E-state index in [9.17, 15) is 18.4 Å². The molecule has 1 amide bonds. The second-order valence-corrected chi connectivity index (χ2v) is 7.15.